The summed E-state index contributed by atoms with van der Waals surface area (Å²) in [5.41, 5.74) is 4.38. The van der Waals surface area contributed by atoms with Crippen LogP contribution in [0.25, 0.3) is 0 Å². The van der Waals surface area contributed by atoms with Gasteiger partial charge in [0.1, 0.15) is 5.75 Å². The molecule has 0 bridgehead atoms. The molecular formula is C23H20F2N2O2. The molecular weight excluding hydrogens is 374 g/mol. The summed E-state index contributed by atoms with van der Waals surface area (Å²) in [6.07, 6.45) is 0.985. The number of hydrogen-bond donors (Lipinski definition) is 1. The summed E-state index contributed by atoms with van der Waals surface area (Å²) in [4.78, 5) is 14.8. The number of benzene rings is 3. The van der Waals surface area contributed by atoms with E-state index in [-0.39, 0.29) is 17.3 Å². The van der Waals surface area contributed by atoms with Crippen LogP contribution in [0.4, 0.5) is 20.2 Å². The van der Waals surface area contributed by atoms with Crippen LogP contribution in [0.5, 0.6) is 5.75 Å². The average molecular weight is 394 g/mol. The van der Waals surface area contributed by atoms with E-state index in [2.05, 4.69) is 33.2 Å². The van der Waals surface area contributed by atoms with Gasteiger partial charge in [0.15, 0.2) is 0 Å². The number of nitrogens with zero attached hydrogens (tertiary/aromatic N) is 1. The minimum absolute atomic E-state index is 0.0700. The van der Waals surface area contributed by atoms with Crippen molar-refractivity contribution in [2.45, 2.75) is 19.6 Å². The number of alkyl halides is 2. The number of ether oxygens (including phenoxy) is 1. The maximum Gasteiger partial charge on any atom is 0.387 e. The van der Waals surface area contributed by atoms with Gasteiger partial charge in [-0.1, -0.05) is 36.4 Å². The van der Waals surface area contributed by atoms with Crippen molar-refractivity contribution in [2.24, 2.45) is 0 Å². The smallest absolute Gasteiger partial charge is 0.387 e. The largest absolute Gasteiger partial charge is 0.433 e. The van der Waals surface area contributed by atoms with Crippen molar-refractivity contribution < 1.29 is 18.3 Å². The molecule has 0 aliphatic carbocycles. The molecule has 1 aliphatic heterocycles. The van der Waals surface area contributed by atoms with E-state index in [1.807, 2.05) is 18.2 Å². The first kappa shape index (κ1) is 18.9. The van der Waals surface area contributed by atoms with E-state index in [0.29, 0.717) is 5.56 Å². The minimum atomic E-state index is -2.96. The number of halogens is 2. The van der Waals surface area contributed by atoms with Crippen molar-refractivity contribution >= 4 is 17.3 Å². The Hall–Kier alpha value is -3.41. The summed E-state index contributed by atoms with van der Waals surface area (Å²) >= 11 is 0. The quantitative estimate of drug-likeness (QED) is 0.654. The molecule has 1 aliphatic rings. The van der Waals surface area contributed by atoms with Crippen LogP contribution in [-0.2, 0) is 13.0 Å². The van der Waals surface area contributed by atoms with Crippen molar-refractivity contribution in [1.29, 1.82) is 0 Å². The molecule has 1 N–H and O–H groups in total. The van der Waals surface area contributed by atoms with Crippen molar-refractivity contribution in [2.75, 3.05) is 16.8 Å². The molecule has 148 valence electrons. The third-order valence-electron chi connectivity index (χ3n) is 4.98. The number of nitrogens with one attached hydrogen (secondary N) is 1. The Labute approximate surface area is 167 Å². The Balaban J connectivity index is 1.45. The highest BCUT2D eigenvalue weighted by Crippen LogP contribution is 2.27. The van der Waals surface area contributed by atoms with Crippen molar-refractivity contribution in [1.82, 2.24) is 0 Å². The first-order valence-electron chi connectivity index (χ1n) is 9.37. The SMILES string of the molecule is O=C(Nc1ccccc1OC(F)F)c1ccc(N2CCc3ccccc3C2)cc1. The second kappa shape index (κ2) is 8.31. The fourth-order valence-electron chi connectivity index (χ4n) is 3.50. The molecule has 3 aromatic carbocycles. The van der Waals surface area contributed by atoms with Gasteiger partial charge in [0.2, 0.25) is 0 Å². The summed E-state index contributed by atoms with van der Waals surface area (Å²) in [7, 11) is 0. The first-order valence-corrected chi connectivity index (χ1v) is 9.37. The van der Waals surface area contributed by atoms with Crippen LogP contribution in [0.3, 0.4) is 0 Å². The van der Waals surface area contributed by atoms with E-state index < -0.39 is 6.61 Å². The van der Waals surface area contributed by atoms with E-state index in [0.717, 1.165) is 25.2 Å². The normalized spacial score (nSPS) is 13.1. The van der Waals surface area contributed by atoms with Gasteiger partial charge in [-0.15, -0.1) is 0 Å². The molecule has 29 heavy (non-hydrogen) atoms. The highest BCUT2D eigenvalue weighted by atomic mass is 19.3. The van der Waals surface area contributed by atoms with Crippen LogP contribution in [0, 0.1) is 0 Å². The van der Waals surface area contributed by atoms with Gasteiger partial charge in [-0.25, -0.2) is 0 Å². The summed E-state index contributed by atoms with van der Waals surface area (Å²) in [6.45, 7) is -1.21. The van der Waals surface area contributed by atoms with Crippen LogP contribution >= 0.6 is 0 Å². The van der Waals surface area contributed by atoms with E-state index in [4.69, 9.17) is 0 Å². The van der Waals surface area contributed by atoms with Gasteiger partial charge in [-0.2, -0.15) is 8.78 Å². The average Bonchev–Trinajstić information content (AvgIpc) is 2.74. The van der Waals surface area contributed by atoms with Gasteiger partial charge in [-0.05, 0) is 53.9 Å². The van der Waals surface area contributed by atoms with E-state index in [9.17, 15) is 13.6 Å². The molecule has 4 nitrogen and oxygen atoms in total. The van der Waals surface area contributed by atoms with Gasteiger partial charge in [-0.3, -0.25) is 4.79 Å². The van der Waals surface area contributed by atoms with Crippen molar-refractivity contribution in [3.63, 3.8) is 0 Å². The predicted octanol–water partition coefficient (Wildman–Crippen LogP) is 5.10. The number of para-hydroxylation sites is 2. The van der Waals surface area contributed by atoms with Gasteiger partial charge in [0, 0.05) is 24.3 Å². The number of carbonyl (C=O) groups is 1. The fraction of sp³-hybridized carbons (Fsp3) is 0.174. The van der Waals surface area contributed by atoms with E-state index in [1.165, 1.54) is 23.3 Å². The van der Waals surface area contributed by atoms with E-state index in [1.54, 1.807) is 24.3 Å². The first-order chi connectivity index (χ1) is 14.1. The molecule has 0 saturated heterocycles. The molecule has 6 heteroatoms. The number of carbonyl (C=O) groups excluding carboxylic acids is 1. The molecule has 0 aromatic heterocycles. The third-order valence-corrected chi connectivity index (χ3v) is 4.98. The second-order valence-electron chi connectivity index (χ2n) is 6.82. The number of amides is 1. The number of anilines is 2. The zero-order valence-electron chi connectivity index (χ0n) is 15.6. The molecule has 0 saturated carbocycles. The number of hydrogen-bond acceptors (Lipinski definition) is 3. The lowest BCUT2D eigenvalue weighted by Crippen LogP contribution is -2.30. The van der Waals surface area contributed by atoms with Crippen LogP contribution in [0.1, 0.15) is 21.5 Å². The lowest BCUT2D eigenvalue weighted by atomic mass is 9.99. The summed E-state index contributed by atoms with van der Waals surface area (Å²) in [5.74, 6) is -0.453. The zero-order valence-corrected chi connectivity index (χ0v) is 15.6. The maximum absolute atomic E-state index is 12.5. The molecule has 1 amide bonds. The predicted molar refractivity (Wildman–Crippen MR) is 109 cm³/mol. The Bertz CT molecular complexity index is 1010. The molecule has 1 heterocycles. The maximum atomic E-state index is 12.5. The van der Waals surface area contributed by atoms with Gasteiger partial charge < -0.3 is 15.0 Å². The highest BCUT2D eigenvalue weighted by molar-refractivity contribution is 6.05. The molecule has 4 rings (SSSR count). The van der Waals surface area contributed by atoms with Crippen LogP contribution in [0.2, 0.25) is 0 Å². The Morgan fingerprint density at radius 1 is 0.931 bits per heavy atom. The van der Waals surface area contributed by atoms with Gasteiger partial charge >= 0.3 is 6.61 Å². The lowest BCUT2D eigenvalue weighted by Gasteiger charge is -2.30. The molecule has 0 unspecified atom stereocenters. The third kappa shape index (κ3) is 4.37. The van der Waals surface area contributed by atoms with Crippen LogP contribution in [-0.4, -0.2) is 19.1 Å². The van der Waals surface area contributed by atoms with Crippen LogP contribution < -0.4 is 15.0 Å². The molecule has 3 aromatic rings. The standard InChI is InChI=1S/C23H20F2N2O2/c24-23(25)29-21-8-4-3-7-20(21)26-22(28)17-9-11-19(12-10-17)27-14-13-16-5-1-2-6-18(16)15-27/h1-12,23H,13-15H2,(H,26,28). The molecule has 0 fully saturated rings. The molecule has 0 spiro atoms. The molecule has 0 atom stereocenters. The highest BCUT2D eigenvalue weighted by Gasteiger charge is 2.17. The Kier molecular flexibility index (Phi) is 5.42. The Morgan fingerprint density at radius 2 is 1.62 bits per heavy atom. The second-order valence-corrected chi connectivity index (χ2v) is 6.82. The molecule has 0 radical (unpaired) electrons. The number of rotatable bonds is 5. The van der Waals surface area contributed by atoms with E-state index >= 15 is 0 Å². The topological polar surface area (TPSA) is 41.6 Å². The zero-order chi connectivity index (χ0) is 20.2. The van der Waals surface area contributed by atoms with Crippen molar-refractivity contribution in [3.05, 3.63) is 89.5 Å². The van der Waals surface area contributed by atoms with Gasteiger partial charge in [0.25, 0.3) is 5.91 Å². The number of fused-ring (bicyclic) bond motifs is 1. The Morgan fingerprint density at radius 3 is 2.38 bits per heavy atom. The fourth-order valence-corrected chi connectivity index (χ4v) is 3.50. The minimum Gasteiger partial charge on any atom is -0.433 e. The lowest BCUT2D eigenvalue weighted by molar-refractivity contribution is -0.0493. The van der Waals surface area contributed by atoms with Crippen LogP contribution in [0.15, 0.2) is 72.8 Å². The van der Waals surface area contributed by atoms with Gasteiger partial charge in [0.05, 0.1) is 5.69 Å². The summed E-state index contributed by atoms with van der Waals surface area (Å²) < 4.78 is 29.5. The monoisotopic (exact) mass is 394 g/mol. The summed E-state index contributed by atoms with van der Waals surface area (Å²) in [5, 5.41) is 2.63. The summed E-state index contributed by atoms with van der Waals surface area (Å²) in [6, 6.07) is 21.8. The van der Waals surface area contributed by atoms with Crippen molar-refractivity contribution in [3.8, 4) is 5.75 Å².